The van der Waals surface area contributed by atoms with E-state index in [0.717, 1.165) is 12.2 Å². The van der Waals surface area contributed by atoms with Gasteiger partial charge in [0.25, 0.3) is 0 Å². The highest BCUT2D eigenvalue weighted by molar-refractivity contribution is 4.96. The molecule has 4 nitrogen and oxygen atoms in total. The fourth-order valence-electron chi connectivity index (χ4n) is 1.39. The van der Waals surface area contributed by atoms with E-state index >= 15 is 0 Å². The number of imidazole rings is 1. The molecule has 0 spiro atoms. The van der Waals surface area contributed by atoms with E-state index in [4.69, 9.17) is 5.73 Å². The monoisotopic (exact) mass is 196 g/mol. The molecule has 0 aliphatic carbocycles. The van der Waals surface area contributed by atoms with E-state index in [0.29, 0.717) is 18.5 Å². The summed E-state index contributed by atoms with van der Waals surface area (Å²) < 4.78 is 1.95. The lowest BCUT2D eigenvalue weighted by Gasteiger charge is -2.19. The second kappa shape index (κ2) is 5.12. The Labute approximate surface area is 85.5 Å². The Kier molecular flexibility index (Phi) is 4.10. The molecule has 0 aliphatic rings. The molecule has 1 atom stereocenters. The fourth-order valence-corrected chi connectivity index (χ4v) is 1.39. The number of rotatable bonds is 5. The fraction of sp³-hybridized carbons (Fsp3) is 0.700. The number of hydrogen-bond acceptors (Lipinski definition) is 3. The lowest BCUT2D eigenvalue weighted by molar-refractivity contribution is 0.403. The Hall–Kier alpha value is -0.870. The number of nitrogens with one attached hydrogen (secondary N) is 1. The van der Waals surface area contributed by atoms with Crippen molar-refractivity contribution in [3.63, 3.8) is 0 Å². The van der Waals surface area contributed by atoms with E-state index in [1.54, 1.807) is 0 Å². The van der Waals surface area contributed by atoms with Gasteiger partial charge in [0, 0.05) is 32.4 Å². The van der Waals surface area contributed by atoms with Gasteiger partial charge < -0.3 is 15.6 Å². The molecular weight excluding hydrogens is 176 g/mol. The van der Waals surface area contributed by atoms with Gasteiger partial charge in [-0.25, -0.2) is 4.98 Å². The third-order valence-electron chi connectivity index (χ3n) is 2.36. The predicted octanol–water partition coefficient (Wildman–Crippen LogP) is 0.493. The molecule has 1 aromatic heterocycles. The van der Waals surface area contributed by atoms with Gasteiger partial charge in [-0.1, -0.05) is 13.8 Å². The Morgan fingerprint density at radius 3 is 2.71 bits per heavy atom. The van der Waals surface area contributed by atoms with Crippen LogP contribution in [-0.4, -0.2) is 22.1 Å². The largest absolute Gasteiger partial charge is 0.340 e. The molecule has 0 bridgehead atoms. The molecule has 0 aromatic carbocycles. The third kappa shape index (κ3) is 3.12. The van der Waals surface area contributed by atoms with Crippen LogP contribution in [0.1, 0.15) is 19.5 Å². The van der Waals surface area contributed by atoms with Crippen LogP contribution in [0.3, 0.4) is 0 Å². The van der Waals surface area contributed by atoms with Crippen LogP contribution >= 0.6 is 0 Å². The van der Waals surface area contributed by atoms with Gasteiger partial charge in [0.2, 0.25) is 0 Å². The summed E-state index contributed by atoms with van der Waals surface area (Å²) in [4.78, 5) is 4.24. The Morgan fingerprint density at radius 1 is 1.57 bits per heavy atom. The smallest absolute Gasteiger partial charge is 0.0947 e. The van der Waals surface area contributed by atoms with Crippen LogP contribution in [0.15, 0.2) is 12.5 Å². The molecular formula is C10H20N4. The average Bonchev–Trinajstić information content (AvgIpc) is 2.52. The summed E-state index contributed by atoms with van der Waals surface area (Å²) in [6.45, 7) is 5.80. The van der Waals surface area contributed by atoms with Crippen LogP contribution in [0, 0.1) is 5.92 Å². The summed E-state index contributed by atoms with van der Waals surface area (Å²) in [5, 5.41) is 3.40. The molecule has 3 N–H and O–H groups in total. The second-order valence-corrected chi connectivity index (χ2v) is 4.00. The summed E-state index contributed by atoms with van der Waals surface area (Å²) in [5.74, 6) is 0.559. The van der Waals surface area contributed by atoms with Crippen LogP contribution in [-0.2, 0) is 13.6 Å². The van der Waals surface area contributed by atoms with Crippen LogP contribution < -0.4 is 11.1 Å². The van der Waals surface area contributed by atoms with Crippen LogP contribution in [0.4, 0.5) is 0 Å². The molecule has 4 heteroatoms. The van der Waals surface area contributed by atoms with Gasteiger partial charge >= 0.3 is 0 Å². The highest BCUT2D eigenvalue weighted by atomic mass is 15.0. The Morgan fingerprint density at radius 2 is 2.29 bits per heavy atom. The molecule has 1 aromatic rings. The van der Waals surface area contributed by atoms with Gasteiger partial charge in [-0.3, -0.25) is 0 Å². The highest BCUT2D eigenvalue weighted by Gasteiger charge is 2.10. The molecule has 0 aliphatic heterocycles. The van der Waals surface area contributed by atoms with Crippen molar-refractivity contribution in [3.05, 3.63) is 18.2 Å². The van der Waals surface area contributed by atoms with Gasteiger partial charge in [0.05, 0.1) is 12.0 Å². The van der Waals surface area contributed by atoms with E-state index in [2.05, 4.69) is 24.1 Å². The summed E-state index contributed by atoms with van der Waals surface area (Å²) in [5.41, 5.74) is 6.72. The van der Waals surface area contributed by atoms with Crippen molar-refractivity contribution in [2.75, 3.05) is 6.54 Å². The second-order valence-electron chi connectivity index (χ2n) is 4.00. The van der Waals surface area contributed by atoms with Crippen molar-refractivity contribution in [1.29, 1.82) is 0 Å². The minimum absolute atomic E-state index is 0.372. The van der Waals surface area contributed by atoms with Crippen LogP contribution in [0.25, 0.3) is 0 Å². The van der Waals surface area contributed by atoms with Crippen molar-refractivity contribution in [1.82, 2.24) is 14.9 Å². The van der Waals surface area contributed by atoms with E-state index in [1.165, 1.54) is 0 Å². The lowest BCUT2D eigenvalue weighted by atomic mass is 10.1. The molecule has 1 rings (SSSR count). The first-order valence-electron chi connectivity index (χ1n) is 5.03. The minimum Gasteiger partial charge on any atom is -0.340 e. The van der Waals surface area contributed by atoms with E-state index < -0.39 is 0 Å². The third-order valence-corrected chi connectivity index (χ3v) is 2.36. The van der Waals surface area contributed by atoms with Crippen molar-refractivity contribution >= 4 is 0 Å². The zero-order chi connectivity index (χ0) is 10.6. The molecule has 0 saturated heterocycles. The maximum Gasteiger partial charge on any atom is 0.0947 e. The van der Waals surface area contributed by atoms with Gasteiger partial charge in [-0.2, -0.15) is 0 Å². The minimum atomic E-state index is 0.372. The van der Waals surface area contributed by atoms with Crippen LogP contribution in [0.2, 0.25) is 0 Å². The molecule has 0 fully saturated rings. The molecule has 14 heavy (non-hydrogen) atoms. The van der Waals surface area contributed by atoms with Gasteiger partial charge in [-0.05, 0) is 5.92 Å². The first-order valence-corrected chi connectivity index (χ1v) is 5.03. The number of nitrogens with two attached hydrogens (primary N) is 1. The molecule has 1 unspecified atom stereocenters. The molecule has 80 valence electrons. The van der Waals surface area contributed by atoms with E-state index in [9.17, 15) is 0 Å². The highest BCUT2D eigenvalue weighted by Crippen LogP contribution is 2.01. The van der Waals surface area contributed by atoms with E-state index in [1.807, 2.05) is 24.1 Å². The number of nitrogens with zero attached hydrogens (tertiary/aromatic N) is 2. The molecule has 1 heterocycles. The predicted molar refractivity (Wildman–Crippen MR) is 57.7 cm³/mol. The zero-order valence-corrected chi connectivity index (χ0v) is 9.20. The standard InChI is InChI=1S/C10H20N4/c1-8(2)10(4-11)12-5-9-6-14(3)7-13-9/h6-8,10,12H,4-5,11H2,1-3H3. The van der Waals surface area contributed by atoms with Gasteiger partial charge in [0.1, 0.15) is 0 Å². The number of hydrogen-bond donors (Lipinski definition) is 2. The SMILES string of the molecule is CC(C)C(CN)NCc1cn(C)cn1. The summed E-state index contributed by atoms with van der Waals surface area (Å²) in [7, 11) is 1.97. The first-order chi connectivity index (χ1) is 6.63. The van der Waals surface area contributed by atoms with Crippen molar-refractivity contribution in [2.45, 2.75) is 26.4 Å². The average molecular weight is 196 g/mol. The summed E-state index contributed by atoms with van der Waals surface area (Å²) in [6.07, 6.45) is 3.82. The quantitative estimate of drug-likeness (QED) is 0.720. The molecule has 0 saturated carbocycles. The Balaban J connectivity index is 2.39. The van der Waals surface area contributed by atoms with Crippen molar-refractivity contribution < 1.29 is 0 Å². The number of aryl methyl sites for hydroxylation is 1. The summed E-state index contributed by atoms with van der Waals surface area (Å²) in [6, 6.07) is 0.372. The lowest BCUT2D eigenvalue weighted by Crippen LogP contribution is -2.39. The van der Waals surface area contributed by atoms with Crippen molar-refractivity contribution in [3.8, 4) is 0 Å². The Bertz CT molecular complexity index is 267. The maximum atomic E-state index is 5.65. The molecule has 0 amide bonds. The number of aromatic nitrogens is 2. The van der Waals surface area contributed by atoms with Crippen LogP contribution in [0.5, 0.6) is 0 Å². The van der Waals surface area contributed by atoms with E-state index in [-0.39, 0.29) is 0 Å². The molecule has 0 radical (unpaired) electrons. The topological polar surface area (TPSA) is 55.9 Å². The normalized spacial score (nSPS) is 13.5. The maximum absolute atomic E-state index is 5.65. The van der Waals surface area contributed by atoms with Gasteiger partial charge in [0.15, 0.2) is 0 Å². The van der Waals surface area contributed by atoms with Gasteiger partial charge in [-0.15, -0.1) is 0 Å². The zero-order valence-electron chi connectivity index (χ0n) is 9.20. The first kappa shape index (κ1) is 11.2. The van der Waals surface area contributed by atoms with Crippen molar-refractivity contribution in [2.24, 2.45) is 18.7 Å². The summed E-state index contributed by atoms with van der Waals surface area (Å²) >= 11 is 0.